The highest BCUT2D eigenvalue weighted by Gasteiger charge is 2.23. The fourth-order valence-corrected chi connectivity index (χ4v) is 23.2. The van der Waals surface area contributed by atoms with Crippen LogP contribution in [-0.4, -0.2) is 51.5 Å². The first-order valence-corrected chi connectivity index (χ1v) is 52.3. The maximum atomic E-state index is 9.51. The lowest BCUT2D eigenvalue weighted by molar-refractivity contribution is 0.424. The van der Waals surface area contributed by atoms with Gasteiger partial charge in [0.15, 0.2) is 0 Å². The third-order valence-corrected chi connectivity index (χ3v) is 30.7. The molecule has 0 saturated heterocycles. The minimum absolute atomic E-state index is 0.492. The second-order valence-electron chi connectivity index (χ2n) is 35.8. The van der Waals surface area contributed by atoms with E-state index in [1.54, 1.807) is 24.3 Å². The van der Waals surface area contributed by atoms with Crippen molar-refractivity contribution < 1.29 is 30.1 Å². The molecule has 6 nitrogen and oxygen atoms in total. The van der Waals surface area contributed by atoms with Gasteiger partial charge in [0, 0.05) is 25.0 Å². The molecule has 0 heterocycles. The zero-order valence-electron chi connectivity index (χ0n) is 76.6. The third kappa shape index (κ3) is 19.2. The highest BCUT2D eigenvalue weighted by atomic mass is 127. The number of benzene rings is 28. The molecular weight excluding hydrogens is 2240 g/mol. The maximum absolute atomic E-state index is 9.51. The van der Waals surface area contributed by atoms with E-state index in [0.29, 0.717) is 16.4 Å². The van der Waals surface area contributed by atoms with Crippen LogP contribution in [0.25, 0.3) is 228 Å². The fourth-order valence-electron chi connectivity index (χ4n) is 20.6. The fraction of sp³-hybridized carbons (Fsp3) is 0. The summed E-state index contributed by atoms with van der Waals surface area (Å²) >= 11 is 18.4. The zero-order valence-corrected chi connectivity index (χ0v) is 87.3. The molecule has 682 valence electrons. The molecule has 0 unspecified atom stereocenters. The highest BCUT2D eigenvalue weighted by molar-refractivity contribution is 14.1. The molecule has 0 bridgehead atoms. The van der Waals surface area contributed by atoms with Crippen molar-refractivity contribution in [2.75, 3.05) is 0 Å². The Morgan fingerprint density at radius 3 is 0.720 bits per heavy atom. The van der Waals surface area contributed by atoms with Gasteiger partial charge in [-0.15, -0.1) is 0 Å². The molecule has 0 aromatic heterocycles. The van der Waals surface area contributed by atoms with Crippen molar-refractivity contribution in [1.29, 1.82) is 0 Å². The quantitative estimate of drug-likeness (QED) is 0.0486. The highest BCUT2D eigenvalue weighted by Crippen LogP contribution is 2.47. The van der Waals surface area contributed by atoms with Crippen LogP contribution in [0, 0.1) is 7.14 Å². The molecule has 0 amide bonds. The standard InChI is InChI=1S/C28H19BO2.C28H17Br.C22H15BO2.C22H13Br.C16H11BO2.2C6H4BrI/c30-29(31)24-13-9-18(10-14-24)22-5-2-6-23(17-22)25-15-11-21-8-7-19-3-1-4-20-12-16-26(25)28(21)27(19)20;29-24-13-9-18(10-14-24)22-5-2-6-23(17-22)25-15-11-21-8-7-19-3-1-4-20-12-16-26(25)28(21)27(19)20;24-23(25)18-6-2-5-17(13-18)19-11-9-16-8-7-14-3-1-4-15-10-12-20(19)22(16)21(14)15;23-18-6-2-5-17(13-18)19-11-9-16-8-7-14-3-1-4-15-10-12-20(19)22(16)21(14)15;18-17(19)14-9-7-12-5-4-10-2-1-3-11-6-8-13(14)16(12)15(10)11;7-5-1-3-6(8)4-2-5;7-5-2-1-3-6(8)4-5/h1-17,30-31H;1-17H;1-13,24-25H;1-13H;1-9,18-19H;2*1-4H. The summed E-state index contributed by atoms with van der Waals surface area (Å²) in [6.45, 7) is 0. The Labute approximate surface area is 888 Å². The summed E-state index contributed by atoms with van der Waals surface area (Å²) in [5.74, 6) is 0. The lowest BCUT2D eigenvalue weighted by Gasteiger charge is -2.15. The van der Waals surface area contributed by atoms with Crippen molar-refractivity contribution in [3.8, 4) is 66.8 Å². The van der Waals surface area contributed by atoms with Gasteiger partial charge in [-0.05, 0) is 369 Å². The molecule has 143 heavy (non-hydrogen) atoms. The summed E-state index contributed by atoms with van der Waals surface area (Å²) in [4.78, 5) is 0. The van der Waals surface area contributed by atoms with E-state index in [1.165, 1.54) is 197 Å². The Morgan fingerprint density at radius 2 is 0.406 bits per heavy atom. The molecule has 6 N–H and O–H groups in total. The van der Waals surface area contributed by atoms with E-state index in [0.717, 1.165) is 56.3 Å². The number of hydrogen-bond acceptors (Lipinski definition) is 6. The largest absolute Gasteiger partial charge is 0.489 e. The number of hydrogen-bond donors (Lipinski definition) is 6. The van der Waals surface area contributed by atoms with Crippen LogP contribution in [0.3, 0.4) is 0 Å². The molecule has 15 heteroatoms. The Kier molecular flexibility index (Phi) is 27.3. The monoisotopic (exact) mass is 2320 g/mol. The van der Waals surface area contributed by atoms with Crippen molar-refractivity contribution in [1.82, 2.24) is 0 Å². The van der Waals surface area contributed by atoms with E-state index in [9.17, 15) is 30.1 Å². The first-order valence-electron chi connectivity index (χ1n) is 47.0. The van der Waals surface area contributed by atoms with Gasteiger partial charge in [-0.1, -0.05) is 452 Å². The van der Waals surface area contributed by atoms with E-state index in [4.69, 9.17) is 0 Å². The van der Waals surface area contributed by atoms with Gasteiger partial charge in [0.25, 0.3) is 0 Å². The van der Waals surface area contributed by atoms with Crippen molar-refractivity contribution in [2.45, 2.75) is 0 Å². The first-order chi connectivity index (χ1) is 69.8. The molecular formula is C128H83B3Br4I2O6. The molecule has 28 aromatic rings. The zero-order chi connectivity index (χ0) is 97.6. The van der Waals surface area contributed by atoms with Gasteiger partial charge in [-0.3, -0.25) is 0 Å². The van der Waals surface area contributed by atoms with Gasteiger partial charge in [-0.25, -0.2) is 0 Å². The number of halogens is 6. The van der Waals surface area contributed by atoms with Crippen molar-refractivity contribution in [3.05, 3.63) is 492 Å². The number of rotatable bonds is 9. The molecule has 0 spiro atoms. The summed E-state index contributed by atoms with van der Waals surface area (Å²) in [6, 6.07) is 163. The minimum Gasteiger partial charge on any atom is -0.423 e. The molecule has 0 fully saturated rings. The van der Waals surface area contributed by atoms with E-state index in [-0.39, 0.29) is 0 Å². The predicted molar refractivity (Wildman–Crippen MR) is 642 cm³/mol. The van der Waals surface area contributed by atoms with Crippen molar-refractivity contribution >= 4 is 308 Å². The van der Waals surface area contributed by atoms with Crippen LogP contribution in [-0.2, 0) is 0 Å². The van der Waals surface area contributed by atoms with Crippen LogP contribution in [0.15, 0.2) is 485 Å². The SMILES string of the molecule is Brc1ccc(-c2cccc(-c3ccc4ccc5cccc6ccc3c4c56)c2)cc1.Brc1ccc(I)cc1.Brc1cccc(-c2ccc3ccc4cccc5ccc2c3c45)c1.Brc1cccc(I)c1.OB(O)c1ccc(-c2cccc(-c3ccc4ccc5cccc6ccc3c4c56)c2)cc1.OB(O)c1ccc2ccc3cccc4ccc1c2c34.OB(O)c1cccc(-c2ccc3ccc4cccc5ccc2c3c45)c1. The Bertz CT molecular complexity index is 9450. The van der Waals surface area contributed by atoms with Gasteiger partial charge in [0.1, 0.15) is 0 Å². The van der Waals surface area contributed by atoms with E-state index < -0.39 is 21.4 Å². The second kappa shape index (κ2) is 41.2. The van der Waals surface area contributed by atoms with Gasteiger partial charge in [0.2, 0.25) is 0 Å². The van der Waals surface area contributed by atoms with Gasteiger partial charge >= 0.3 is 21.4 Å². The van der Waals surface area contributed by atoms with Crippen LogP contribution in [0.1, 0.15) is 0 Å². The summed E-state index contributed by atoms with van der Waals surface area (Å²) < 4.78 is 7.02. The summed E-state index contributed by atoms with van der Waals surface area (Å²) in [5, 5.41) is 94.5. The molecule has 0 aliphatic rings. The molecule has 0 saturated carbocycles. The molecule has 28 aromatic carbocycles. The van der Waals surface area contributed by atoms with Crippen molar-refractivity contribution in [2.24, 2.45) is 0 Å². The Balaban J connectivity index is 0.0000000989. The van der Waals surface area contributed by atoms with E-state index >= 15 is 0 Å². The molecule has 0 atom stereocenters. The van der Waals surface area contributed by atoms with Crippen LogP contribution < -0.4 is 16.4 Å². The third-order valence-electron chi connectivity index (χ3n) is 27.2. The van der Waals surface area contributed by atoms with Crippen molar-refractivity contribution in [3.63, 3.8) is 0 Å². The van der Waals surface area contributed by atoms with Crippen LogP contribution in [0.5, 0.6) is 0 Å². The minimum atomic E-state index is -1.46. The second-order valence-corrected chi connectivity index (χ2v) is 42.0. The molecule has 0 radical (unpaired) electrons. The van der Waals surface area contributed by atoms with Crippen LogP contribution >= 0.6 is 109 Å². The summed E-state index contributed by atoms with van der Waals surface area (Å²) in [5.41, 5.74) is 15.7. The summed E-state index contributed by atoms with van der Waals surface area (Å²) in [6.07, 6.45) is 0. The van der Waals surface area contributed by atoms with E-state index in [1.807, 2.05) is 78.9 Å². The molecule has 28 rings (SSSR count). The van der Waals surface area contributed by atoms with Crippen LogP contribution in [0.4, 0.5) is 0 Å². The first kappa shape index (κ1) is 94.6. The summed E-state index contributed by atoms with van der Waals surface area (Å²) in [7, 11) is -4.35. The predicted octanol–water partition coefficient (Wildman–Crippen LogP) is 33.6. The average Bonchev–Trinajstić information content (AvgIpc) is 0.752. The lowest BCUT2D eigenvalue weighted by atomic mass is 9.75. The van der Waals surface area contributed by atoms with Gasteiger partial charge < -0.3 is 30.1 Å². The van der Waals surface area contributed by atoms with Crippen LogP contribution in [0.2, 0.25) is 0 Å². The lowest BCUT2D eigenvalue weighted by Crippen LogP contribution is -2.30. The Morgan fingerprint density at radius 1 is 0.154 bits per heavy atom. The van der Waals surface area contributed by atoms with Gasteiger partial charge in [-0.2, -0.15) is 0 Å². The average molecular weight is 2320 g/mol. The topological polar surface area (TPSA) is 121 Å². The molecule has 0 aliphatic carbocycles. The van der Waals surface area contributed by atoms with Gasteiger partial charge in [0.05, 0.1) is 0 Å². The maximum Gasteiger partial charge on any atom is 0.489 e. The normalized spacial score (nSPS) is 11.4. The Hall–Kier alpha value is -13.3. The molecule has 0 aliphatic heterocycles. The smallest absolute Gasteiger partial charge is 0.423 e. The van der Waals surface area contributed by atoms with E-state index in [2.05, 4.69) is 473 Å².